The van der Waals surface area contributed by atoms with Crippen LogP contribution in [0.25, 0.3) is 0 Å². The molecule has 0 saturated heterocycles. The lowest BCUT2D eigenvalue weighted by Gasteiger charge is -2.29. The van der Waals surface area contributed by atoms with Gasteiger partial charge >= 0.3 is 0 Å². The van der Waals surface area contributed by atoms with Crippen LogP contribution in [0.15, 0.2) is 11.5 Å². The lowest BCUT2D eigenvalue weighted by molar-refractivity contribution is -0.121. The third kappa shape index (κ3) is 2.32. The maximum Gasteiger partial charge on any atom is 0.132 e. The summed E-state index contributed by atoms with van der Waals surface area (Å²) in [5.74, 6) is 2.48. The zero-order chi connectivity index (χ0) is 9.97. The number of hydrogen-bond donors (Lipinski definition) is 0. The van der Waals surface area contributed by atoms with Crippen molar-refractivity contribution in [3.63, 3.8) is 0 Å². The minimum atomic E-state index is -0.720. The number of Topliss-reactive ketones (excluding diaryl/α,β-unsaturated/α-hetero) is 1. The zero-order valence-electron chi connectivity index (χ0n) is 8.28. The molecule has 14 heavy (non-hydrogen) atoms. The average Bonchev–Trinajstić information content (AvgIpc) is 2.21. The molecule has 0 bridgehead atoms. The maximum absolute atomic E-state index is 11.1. The van der Waals surface area contributed by atoms with Crippen LogP contribution in [-0.4, -0.2) is 15.7 Å². The van der Waals surface area contributed by atoms with Crippen LogP contribution in [0.2, 0.25) is 0 Å². The van der Waals surface area contributed by atoms with Gasteiger partial charge in [-0.2, -0.15) is 0 Å². The summed E-state index contributed by atoms with van der Waals surface area (Å²) in [6, 6.07) is 0. The van der Waals surface area contributed by atoms with Crippen molar-refractivity contribution in [2.75, 3.05) is 5.75 Å². The Labute approximate surface area is 87.2 Å². The number of carbonyl (C=O) groups is 1. The van der Waals surface area contributed by atoms with Gasteiger partial charge in [0.1, 0.15) is 5.78 Å². The van der Waals surface area contributed by atoms with E-state index in [9.17, 15) is 9.00 Å². The van der Waals surface area contributed by atoms with Gasteiger partial charge in [-0.05, 0) is 36.5 Å². The lowest BCUT2D eigenvalue weighted by Crippen LogP contribution is -2.23. The summed E-state index contributed by atoms with van der Waals surface area (Å²) in [4.78, 5) is 11.1. The normalized spacial score (nSPS) is 34.7. The molecule has 1 aliphatic heterocycles. The molecule has 0 amide bonds. The van der Waals surface area contributed by atoms with Crippen molar-refractivity contribution in [2.45, 2.75) is 32.1 Å². The van der Waals surface area contributed by atoms with E-state index >= 15 is 0 Å². The van der Waals surface area contributed by atoms with Crippen LogP contribution in [0.4, 0.5) is 0 Å². The van der Waals surface area contributed by atoms with E-state index in [-0.39, 0.29) is 0 Å². The number of hydrogen-bond acceptors (Lipinski definition) is 2. The Hall–Kier alpha value is -0.440. The van der Waals surface area contributed by atoms with E-state index in [1.54, 1.807) is 0 Å². The van der Waals surface area contributed by atoms with Gasteiger partial charge in [0.2, 0.25) is 0 Å². The van der Waals surface area contributed by atoms with E-state index in [0.717, 1.165) is 37.9 Å². The summed E-state index contributed by atoms with van der Waals surface area (Å²) < 4.78 is 11.1. The number of ketones is 1. The fourth-order valence-electron chi connectivity index (χ4n) is 2.39. The van der Waals surface area contributed by atoms with Crippen LogP contribution in [0.3, 0.4) is 0 Å². The highest BCUT2D eigenvalue weighted by Crippen LogP contribution is 2.32. The molecule has 0 aromatic carbocycles. The minimum absolute atomic E-state index is 0.421. The van der Waals surface area contributed by atoms with E-state index in [2.05, 4.69) is 6.08 Å². The van der Waals surface area contributed by atoms with Gasteiger partial charge in [-0.3, -0.25) is 9.00 Å². The number of rotatable bonds is 1. The summed E-state index contributed by atoms with van der Waals surface area (Å²) >= 11 is 0. The molecule has 0 aromatic rings. The van der Waals surface area contributed by atoms with Gasteiger partial charge in [0, 0.05) is 29.4 Å². The van der Waals surface area contributed by atoms with E-state index in [1.807, 2.05) is 5.41 Å². The van der Waals surface area contributed by atoms with Crippen LogP contribution in [0.1, 0.15) is 32.1 Å². The monoisotopic (exact) mass is 212 g/mol. The molecule has 1 saturated carbocycles. The molecule has 2 atom stereocenters. The molecule has 1 heterocycles. The molecule has 0 N–H and O–H groups in total. The first kappa shape index (κ1) is 10.1. The van der Waals surface area contributed by atoms with Crippen LogP contribution in [-0.2, 0) is 15.6 Å². The number of carbonyl (C=O) groups excluding carboxylic acids is 1. The fraction of sp³-hybridized carbons (Fsp3) is 0.727. The third-order valence-corrected chi connectivity index (χ3v) is 4.42. The van der Waals surface area contributed by atoms with Crippen LogP contribution < -0.4 is 0 Å². The highest BCUT2D eigenvalue weighted by molar-refractivity contribution is 7.88. The second-order valence-electron chi connectivity index (χ2n) is 4.24. The van der Waals surface area contributed by atoms with Crippen LogP contribution >= 0.6 is 0 Å². The molecule has 78 valence electrons. The molecule has 3 heteroatoms. The van der Waals surface area contributed by atoms with Gasteiger partial charge in [-0.1, -0.05) is 6.08 Å². The first-order chi connectivity index (χ1) is 6.75. The van der Waals surface area contributed by atoms with Crippen molar-refractivity contribution in [3.05, 3.63) is 11.5 Å². The van der Waals surface area contributed by atoms with Gasteiger partial charge in [0.05, 0.1) is 0 Å². The highest BCUT2D eigenvalue weighted by Gasteiger charge is 2.26. The predicted octanol–water partition coefficient (Wildman–Crippen LogP) is 2.03. The van der Waals surface area contributed by atoms with Crippen LogP contribution in [0.5, 0.6) is 0 Å². The van der Waals surface area contributed by atoms with Crippen molar-refractivity contribution in [1.82, 2.24) is 0 Å². The molecular formula is C11H16O2S. The molecule has 2 nitrogen and oxygen atoms in total. The van der Waals surface area contributed by atoms with Gasteiger partial charge in [-0.15, -0.1) is 0 Å². The lowest BCUT2D eigenvalue weighted by atomic mass is 9.78. The summed E-state index contributed by atoms with van der Waals surface area (Å²) in [6.45, 7) is 0. The third-order valence-electron chi connectivity index (χ3n) is 3.32. The Balaban J connectivity index is 1.93. The Morgan fingerprint density at radius 2 is 1.93 bits per heavy atom. The molecule has 2 rings (SSSR count). The average molecular weight is 212 g/mol. The second kappa shape index (κ2) is 4.39. The Bertz CT molecular complexity index is 273. The number of allylic oxidation sites excluding steroid dienone is 1. The quantitative estimate of drug-likeness (QED) is 0.666. The molecular weight excluding hydrogens is 196 g/mol. The van der Waals surface area contributed by atoms with E-state index in [0.29, 0.717) is 17.6 Å². The summed E-state index contributed by atoms with van der Waals surface area (Å²) in [7, 11) is -0.720. The van der Waals surface area contributed by atoms with Gasteiger partial charge in [0.15, 0.2) is 0 Å². The first-order valence-electron chi connectivity index (χ1n) is 5.33. The Morgan fingerprint density at radius 3 is 2.50 bits per heavy atom. The predicted molar refractivity (Wildman–Crippen MR) is 57.2 cm³/mol. The van der Waals surface area contributed by atoms with Crippen molar-refractivity contribution in [3.8, 4) is 0 Å². The van der Waals surface area contributed by atoms with Gasteiger partial charge in [0.25, 0.3) is 0 Å². The zero-order valence-corrected chi connectivity index (χ0v) is 9.09. The maximum atomic E-state index is 11.1. The van der Waals surface area contributed by atoms with Crippen LogP contribution in [0, 0.1) is 11.8 Å². The van der Waals surface area contributed by atoms with E-state index < -0.39 is 10.8 Å². The second-order valence-corrected chi connectivity index (χ2v) is 5.68. The molecule has 2 unspecified atom stereocenters. The van der Waals surface area contributed by atoms with Crippen molar-refractivity contribution in [1.29, 1.82) is 0 Å². The molecule has 0 aromatic heterocycles. The molecule has 2 aliphatic rings. The standard InChI is InChI=1S/C11H16O2S/c12-11-3-1-9(2-4-11)10-5-7-14(13)8-6-10/h5,7,9-10H,1-4,6,8H2. The SMILES string of the molecule is O=C1CCC(C2C=CS(=O)CC2)CC1. The minimum Gasteiger partial charge on any atom is -0.300 e. The fourth-order valence-corrected chi connectivity index (χ4v) is 3.41. The summed E-state index contributed by atoms with van der Waals surface area (Å²) in [5, 5.41) is 1.84. The highest BCUT2D eigenvalue weighted by atomic mass is 32.2. The summed E-state index contributed by atoms with van der Waals surface area (Å²) in [6.07, 6.45) is 6.76. The van der Waals surface area contributed by atoms with Crippen molar-refractivity contribution >= 4 is 16.6 Å². The molecule has 1 aliphatic carbocycles. The van der Waals surface area contributed by atoms with E-state index in [1.165, 1.54) is 0 Å². The van der Waals surface area contributed by atoms with Gasteiger partial charge < -0.3 is 0 Å². The first-order valence-corrected chi connectivity index (χ1v) is 6.71. The molecule has 0 radical (unpaired) electrons. The summed E-state index contributed by atoms with van der Waals surface area (Å²) in [5.41, 5.74) is 0. The topological polar surface area (TPSA) is 34.1 Å². The molecule has 0 spiro atoms. The van der Waals surface area contributed by atoms with Crippen molar-refractivity contribution in [2.24, 2.45) is 11.8 Å². The largest absolute Gasteiger partial charge is 0.300 e. The van der Waals surface area contributed by atoms with Crippen molar-refractivity contribution < 1.29 is 9.00 Å². The molecule has 1 fully saturated rings. The Morgan fingerprint density at radius 1 is 1.21 bits per heavy atom. The smallest absolute Gasteiger partial charge is 0.132 e. The Kier molecular flexibility index (Phi) is 3.16. The van der Waals surface area contributed by atoms with E-state index in [4.69, 9.17) is 0 Å². The van der Waals surface area contributed by atoms with Gasteiger partial charge in [-0.25, -0.2) is 0 Å².